The van der Waals surface area contributed by atoms with E-state index in [4.69, 9.17) is 4.74 Å². The van der Waals surface area contributed by atoms with Gasteiger partial charge < -0.3 is 4.74 Å². The van der Waals surface area contributed by atoms with E-state index >= 15 is 0 Å². The number of aromatic amines is 1. The van der Waals surface area contributed by atoms with Crippen molar-refractivity contribution in [3.05, 3.63) is 51.8 Å². The van der Waals surface area contributed by atoms with E-state index in [2.05, 4.69) is 31.2 Å². The summed E-state index contributed by atoms with van der Waals surface area (Å²) in [7, 11) is 0. The number of carbonyl (C=O) groups is 2. The van der Waals surface area contributed by atoms with Gasteiger partial charge in [-0.3, -0.25) is 9.89 Å². The first-order chi connectivity index (χ1) is 12.5. The number of hydrogen-bond donors (Lipinski definition) is 1. The molecule has 7 nitrogen and oxygen atoms in total. The molecule has 26 heavy (non-hydrogen) atoms. The quantitative estimate of drug-likeness (QED) is 0.505. The summed E-state index contributed by atoms with van der Waals surface area (Å²) in [4.78, 5) is 24.2. The molecular formula is C18H17BrN4O3. The Balaban J connectivity index is 2.14. The van der Waals surface area contributed by atoms with Crippen LogP contribution in [-0.2, 0) is 4.74 Å². The summed E-state index contributed by atoms with van der Waals surface area (Å²) < 4.78 is 7.22. The van der Waals surface area contributed by atoms with Gasteiger partial charge in [-0.15, -0.1) is 0 Å². The lowest BCUT2D eigenvalue weighted by molar-refractivity contribution is 0.0522. The van der Waals surface area contributed by atoms with Gasteiger partial charge in [0, 0.05) is 12.5 Å². The van der Waals surface area contributed by atoms with Crippen molar-refractivity contribution in [1.29, 1.82) is 0 Å². The number of ether oxygens (including phenoxy) is 1. The van der Waals surface area contributed by atoms with Crippen LogP contribution in [0.3, 0.4) is 0 Å². The van der Waals surface area contributed by atoms with Crippen molar-refractivity contribution in [2.24, 2.45) is 0 Å². The van der Waals surface area contributed by atoms with E-state index < -0.39 is 5.97 Å². The van der Waals surface area contributed by atoms with Crippen LogP contribution in [0.1, 0.15) is 40.4 Å². The molecule has 0 radical (unpaired) electrons. The van der Waals surface area contributed by atoms with Gasteiger partial charge in [-0.2, -0.15) is 10.2 Å². The molecule has 2 aromatic heterocycles. The Morgan fingerprint density at radius 2 is 1.96 bits per heavy atom. The lowest BCUT2D eigenvalue weighted by Gasteiger charge is -2.03. The fourth-order valence-electron chi connectivity index (χ4n) is 2.66. The zero-order valence-corrected chi connectivity index (χ0v) is 16.1. The molecule has 0 amide bonds. The van der Waals surface area contributed by atoms with Crippen molar-refractivity contribution in [3.8, 4) is 17.1 Å². The number of benzene rings is 1. The van der Waals surface area contributed by atoms with Crippen LogP contribution in [0, 0.1) is 6.92 Å². The molecule has 3 rings (SSSR count). The number of aromatic nitrogens is 4. The first-order valence-electron chi connectivity index (χ1n) is 8.03. The van der Waals surface area contributed by atoms with Crippen molar-refractivity contribution >= 4 is 27.7 Å². The minimum atomic E-state index is -0.573. The molecule has 0 bridgehead atoms. The Hall–Kier alpha value is -2.74. The zero-order valence-electron chi connectivity index (χ0n) is 14.5. The third-order valence-corrected chi connectivity index (χ3v) is 4.63. The number of carbonyl (C=O) groups excluding carboxylic acids is 2. The van der Waals surface area contributed by atoms with Gasteiger partial charge in [0.05, 0.1) is 22.5 Å². The molecular weight excluding hydrogens is 400 g/mol. The van der Waals surface area contributed by atoms with Crippen molar-refractivity contribution < 1.29 is 14.3 Å². The molecule has 1 N–H and O–H groups in total. The van der Waals surface area contributed by atoms with Gasteiger partial charge in [-0.1, -0.05) is 30.3 Å². The highest BCUT2D eigenvalue weighted by atomic mass is 79.9. The third-order valence-electron chi connectivity index (χ3n) is 3.88. The minimum absolute atomic E-state index is 0.0668. The van der Waals surface area contributed by atoms with Crippen molar-refractivity contribution in [3.63, 3.8) is 0 Å². The highest BCUT2D eigenvalue weighted by Crippen LogP contribution is 2.32. The van der Waals surface area contributed by atoms with E-state index in [1.807, 2.05) is 30.3 Å². The first kappa shape index (κ1) is 18.1. The summed E-state index contributed by atoms with van der Waals surface area (Å²) in [6.45, 7) is 4.99. The maximum atomic E-state index is 12.3. The molecule has 0 saturated carbocycles. The summed E-state index contributed by atoms with van der Waals surface area (Å²) in [6.07, 6.45) is 0. The van der Waals surface area contributed by atoms with E-state index in [1.54, 1.807) is 13.8 Å². The van der Waals surface area contributed by atoms with Crippen LogP contribution >= 0.6 is 15.9 Å². The Kier molecular flexibility index (Phi) is 5.03. The number of nitrogens with zero attached hydrogens (tertiary/aromatic N) is 3. The molecule has 0 saturated heterocycles. The van der Waals surface area contributed by atoms with E-state index in [-0.39, 0.29) is 23.6 Å². The number of nitrogens with one attached hydrogen (secondary N) is 1. The third kappa shape index (κ3) is 3.08. The second kappa shape index (κ2) is 7.25. The molecule has 0 aliphatic carbocycles. The Labute approximate surface area is 158 Å². The SMILES string of the molecule is CCOC(=O)c1c(C(C)=O)nn(-c2n[nH]c(-c3ccccc3)c2Br)c1C. The number of H-pyrrole nitrogens is 1. The number of Topliss-reactive ketones (excluding diaryl/α,β-unsaturated/α-hetero) is 1. The Morgan fingerprint density at radius 3 is 2.58 bits per heavy atom. The van der Waals surface area contributed by atoms with E-state index in [9.17, 15) is 9.59 Å². The second-order valence-corrected chi connectivity index (χ2v) is 6.39. The maximum Gasteiger partial charge on any atom is 0.342 e. The molecule has 8 heteroatoms. The molecule has 0 unspecified atom stereocenters. The normalized spacial score (nSPS) is 10.8. The van der Waals surface area contributed by atoms with Gasteiger partial charge in [0.2, 0.25) is 0 Å². The van der Waals surface area contributed by atoms with E-state index in [1.165, 1.54) is 11.6 Å². The minimum Gasteiger partial charge on any atom is -0.462 e. The van der Waals surface area contributed by atoms with E-state index in [0.717, 1.165) is 11.3 Å². The number of rotatable bonds is 5. The fourth-order valence-corrected chi connectivity index (χ4v) is 3.23. The topological polar surface area (TPSA) is 89.9 Å². The van der Waals surface area contributed by atoms with Crippen LogP contribution in [0.15, 0.2) is 34.8 Å². The van der Waals surface area contributed by atoms with Gasteiger partial charge in [-0.25, -0.2) is 9.48 Å². The lowest BCUT2D eigenvalue weighted by atomic mass is 10.1. The summed E-state index contributed by atoms with van der Waals surface area (Å²) in [6, 6.07) is 9.67. The molecule has 0 fully saturated rings. The molecule has 0 atom stereocenters. The highest BCUT2D eigenvalue weighted by molar-refractivity contribution is 9.10. The van der Waals surface area contributed by atoms with E-state index in [0.29, 0.717) is 16.0 Å². The van der Waals surface area contributed by atoms with Crippen LogP contribution in [0.4, 0.5) is 0 Å². The number of hydrogen-bond acceptors (Lipinski definition) is 5. The fraction of sp³-hybridized carbons (Fsp3) is 0.222. The van der Waals surface area contributed by atoms with Crippen LogP contribution in [0.5, 0.6) is 0 Å². The highest BCUT2D eigenvalue weighted by Gasteiger charge is 2.27. The molecule has 1 aromatic carbocycles. The predicted molar refractivity (Wildman–Crippen MR) is 99.5 cm³/mol. The van der Waals surface area contributed by atoms with Gasteiger partial charge in [0.15, 0.2) is 11.6 Å². The summed E-state index contributed by atoms with van der Waals surface area (Å²) in [5.41, 5.74) is 2.44. The maximum absolute atomic E-state index is 12.3. The van der Waals surface area contributed by atoms with Crippen LogP contribution in [0.2, 0.25) is 0 Å². The van der Waals surface area contributed by atoms with Crippen molar-refractivity contribution in [2.45, 2.75) is 20.8 Å². The predicted octanol–water partition coefficient (Wildman–Crippen LogP) is 3.71. The van der Waals surface area contributed by atoms with Gasteiger partial charge in [0.25, 0.3) is 0 Å². The standard InChI is InChI=1S/C18H17BrN4O3/c1-4-26-18(25)13-10(2)23(22-15(13)11(3)24)17-14(19)16(20-21-17)12-8-6-5-7-9-12/h5-9H,4H2,1-3H3,(H,20,21). The summed E-state index contributed by atoms with van der Waals surface area (Å²) in [5, 5.41) is 11.6. The average molecular weight is 417 g/mol. The second-order valence-electron chi connectivity index (χ2n) is 5.60. The number of ketones is 1. The smallest absolute Gasteiger partial charge is 0.342 e. The molecule has 0 aliphatic rings. The Bertz CT molecular complexity index is 976. The molecule has 0 aliphatic heterocycles. The summed E-state index contributed by atoms with van der Waals surface area (Å²) in [5.74, 6) is -0.430. The van der Waals surface area contributed by atoms with Crippen LogP contribution in [0.25, 0.3) is 17.1 Å². The first-order valence-corrected chi connectivity index (χ1v) is 8.82. The van der Waals surface area contributed by atoms with Crippen molar-refractivity contribution in [1.82, 2.24) is 20.0 Å². The van der Waals surface area contributed by atoms with Crippen molar-refractivity contribution in [2.75, 3.05) is 6.61 Å². The number of halogens is 1. The lowest BCUT2D eigenvalue weighted by Crippen LogP contribution is -2.10. The van der Waals surface area contributed by atoms with Gasteiger partial charge in [-0.05, 0) is 29.8 Å². The zero-order chi connectivity index (χ0) is 18.8. The average Bonchev–Trinajstić information content (AvgIpc) is 3.16. The van der Waals surface area contributed by atoms with Gasteiger partial charge >= 0.3 is 5.97 Å². The van der Waals surface area contributed by atoms with Gasteiger partial charge in [0.1, 0.15) is 11.3 Å². The molecule has 0 spiro atoms. The number of esters is 1. The summed E-state index contributed by atoms with van der Waals surface area (Å²) >= 11 is 3.54. The van der Waals surface area contributed by atoms with Crippen LogP contribution < -0.4 is 0 Å². The molecule has 2 heterocycles. The Morgan fingerprint density at radius 1 is 1.27 bits per heavy atom. The molecule has 3 aromatic rings. The largest absolute Gasteiger partial charge is 0.462 e. The monoisotopic (exact) mass is 416 g/mol. The molecule has 134 valence electrons. The van der Waals surface area contributed by atoms with Crippen LogP contribution in [-0.4, -0.2) is 38.3 Å².